The maximum atomic E-state index is 14.4. The first-order valence-electron chi connectivity index (χ1n) is 6.41. The van der Waals surface area contributed by atoms with E-state index in [1.54, 1.807) is 19.2 Å². The smallest absolute Gasteiger partial charge is 0.207 e. The molecule has 0 spiro atoms. The van der Waals surface area contributed by atoms with Gasteiger partial charge in [-0.2, -0.15) is 4.39 Å². The van der Waals surface area contributed by atoms with Gasteiger partial charge in [-0.05, 0) is 41.5 Å². The lowest BCUT2D eigenvalue weighted by molar-refractivity contribution is 0.109. The van der Waals surface area contributed by atoms with Gasteiger partial charge in [0.2, 0.25) is 5.82 Å². The van der Waals surface area contributed by atoms with E-state index in [2.05, 4.69) is 5.32 Å². The normalized spacial score (nSPS) is 12.2. The van der Waals surface area contributed by atoms with Gasteiger partial charge in [-0.1, -0.05) is 0 Å². The van der Waals surface area contributed by atoms with Crippen molar-refractivity contribution in [3.63, 3.8) is 0 Å². The minimum Gasteiger partial charge on any atom is -0.485 e. The van der Waals surface area contributed by atoms with Gasteiger partial charge >= 0.3 is 0 Å². The Balaban J connectivity index is 3.21. The quantitative estimate of drug-likeness (QED) is 0.891. The summed E-state index contributed by atoms with van der Waals surface area (Å²) in [5.74, 6) is -0.0824. The molecule has 19 heavy (non-hydrogen) atoms. The first kappa shape index (κ1) is 15.6. The summed E-state index contributed by atoms with van der Waals surface area (Å²) in [5, 5.41) is 2.98. The summed E-state index contributed by atoms with van der Waals surface area (Å²) in [6, 6.07) is 3.27. The molecule has 0 saturated heterocycles. The van der Waals surface area contributed by atoms with Crippen LogP contribution in [0, 0.1) is 5.82 Å². The van der Waals surface area contributed by atoms with Gasteiger partial charge in [-0.15, -0.1) is 0 Å². The van der Waals surface area contributed by atoms with Crippen LogP contribution in [0.15, 0.2) is 12.1 Å². The van der Waals surface area contributed by atoms with Crippen molar-refractivity contribution in [1.29, 1.82) is 0 Å². The molecule has 0 bridgehead atoms. The average Bonchev–Trinajstić information content (AvgIpc) is 2.19. The number of rotatable bonds is 3. The molecule has 0 saturated carbocycles. The first-order chi connectivity index (χ1) is 8.52. The highest BCUT2D eigenvalue weighted by Gasteiger charge is 2.22. The molecule has 1 rings (SSSR count). The maximum Gasteiger partial charge on any atom is 0.207 e. The Morgan fingerprint density at radius 1 is 0.895 bits per heavy atom. The van der Waals surface area contributed by atoms with Gasteiger partial charge in [0, 0.05) is 24.9 Å². The Hall–Kier alpha value is -1.45. The first-order valence-corrected chi connectivity index (χ1v) is 6.41. The largest absolute Gasteiger partial charge is 0.485 e. The minimum atomic E-state index is -0.469. The Bertz CT molecular complexity index is 407. The van der Waals surface area contributed by atoms with Crippen molar-refractivity contribution >= 4 is 5.69 Å². The summed E-state index contributed by atoms with van der Waals surface area (Å²) in [6.07, 6.45) is 0. The zero-order valence-corrected chi connectivity index (χ0v) is 12.8. The van der Waals surface area contributed by atoms with Crippen LogP contribution in [0.5, 0.6) is 11.5 Å². The van der Waals surface area contributed by atoms with Gasteiger partial charge in [0.05, 0.1) is 0 Å². The fourth-order valence-electron chi connectivity index (χ4n) is 1.52. The fraction of sp³-hybridized carbons (Fsp3) is 0.600. The molecular weight excluding hydrogens is 245 g/mol. The molecule has 108 valence electrons. The molecule has 0 amide bonds. The third-order valence-electron chi connectivity index (χ3n) is 2.13. The predicted octanol–water partition coefficient (Wildman–Crippen LogP) is 4.22. The van der Waals surface area contributed by atoms with E-state index in [0.717, 1.165) is 5.69 Å². The number of ether oxygens (including phenoxy) is 2. The van der Waals surface area contributed by atoms with Gasteiger partial charge in [0.25, 0.3) is 0 Å². The van der Waals surface area contributed by atoms with Crippen LogP contribution in [0.2, 0.25) is 0 Å². The zero-order valence-electron chi connectivity index (χ0n) is 12.8. The van der Waals surface area contributed by atoms with Crippen molar-refractivity contribution in [1.82, 2.24) is 0 Å². The summed E-state index contributed by atoms with van der Waals surface area (Å²) in [6.45, 7) is 11.3. The number of hydrogen-bond acceptors (Lipinski definition) is 3. The van der Waals surface area contributed by atoms with Crippen LogP contribution >= 0.6 is 0 Å². The van der Waals surface area contributed by atoms with Crippen molar-refractivity contribution in [3.05, 3.63) is 17.9 Å². The van der Waals surface area contributed by atoms with E-state index in [0.29, 0.717) is 0 Å². The van der Waals surface area contributed by atoms with Crippen LogP contribution < -0.4 is 14.8 Å². The van der Waals surface area contributed by atoms with Crippen molar-refractivity contribution in [2.75, 3.05) is 12.4 Å². The molecule has 0 aromatic heterocycles. The van der Waals surface area contributed by atoms with Crippen LogP contribution in [-0.2, 0) is 0 Å². The average molecular weight is 269 g/mol. The molecule has 1 N–H and O–H groups in total. The van der Waals surface area contributed by atoms with Crippen LogP contribution in [-0.4, -0.2) is 18.2 Å². The Morgan fingerprint density at radius 2 is 1.26 bits per heavy atom. The number of hydrogen-bond donors (Lipinski definition) is 1. The molecule has 1 aromatic carbocycles. The van der Waals surface area contributed by atoms with E-state index in [4.69, 9.17) is 9.47 Å². The summed E-state index contributed by atoms with van der Waals surface area (Å²) < 4.78 is 25.6. The molecular formula is C15H24FNO2. The monoisotopic (exact) mass is 269 g/mol. The van der Waals surface area contributed by atoms with Crippen molar-refractivity contribution in [2.45, 2.75) is 52.7 Å². The predicted molar refractivity (Wildman–Crippen MR) is 76.7 cm³/mol. The molecule has 0 aliphatic rings. The van der Waals surface area contributed by atoms with Crippen LogP contribution in [0.3, 0.4) is 0 Å². The molecule has 0 radical (unpaired) electrons. The molecule has 4 heteroatoms. The van der Waals surface area contributed by atoms with Crippen LogP contribution in [0.1, 0.15) is 41.5 Å². The summed E-state index contributed by atoms with van der Waals surface area (Å²) >= 11 is 0. The van der Waals surface area contributed by atoms with E-state index in [1.807, 2.05) is 41.5 Å². The van der Waals surface area contributed by atoms with Crippen molar-refractivity contribution < 1.29 is 13.9 Å². The van der Waals surface area contributed by atoms with Gasteiger partial charge in [0.1, 0.15) is 11.2 Å². The number of nitrogens with one attached hydrogen (secondary N) is 1. The van der Waals surface area contributed by atoms with E-state index in [-0.39, 0.29) is 11.5 Å². The lowest BCUT2D eigenvalue weighted by Gasteiger charge is -2.25. The second-order valence-electron chi connectivity index (χ2n) is 6.47. The topological polar surface area (TPSA) is 30.5 Å². The molecule has 0 aliphatic carbocycles. The van der Waals surface area contributed by atoms with Gasteiger partial charge in [0.15, 0.2) is 11.5 Å². The highest BCUT2D eigenvalue weighted by molar-refractivity contribution is 5.54. The zero-order chi connectivity index (χ0) is 14.8. The lowest BCUT2D eigenvalue weighted by atomic mass is 10.1. The molecule has 0 fully saturated rings. The molecule has 3 nitrogen and oxygen atoms in total. The second-order valence-corrected chi connectivity index (χ2v) is 6.47. The van der Waals surface area contributed by atoms with Gasteiger partial charge < -0.3 is 14.8 Å². The van der Waals surface area contributed by atoms with Crippen molar-refractivity contribution in [2.24, 2.45) is 0 Å². The second kappa shape index (κ2) is 5.27. The minimum absolute atomic E-state index is 0.193. The molecule has 0 aliphatic heterocycles. The van der Waals surface area contributed by atoms with E-state index in [1.165, 1.54) is 0 Å². The van der Waals surface area contributed by atoms with E-state index < -0.39 is 17.0 Å². The van der Waals surface area contributed by atoms with Crippen LogP contribution in [0.4, 0.5) is 10.1 Å². The summed E-state index contributed by atoms with van der Waals surface area (Å²) in [5.41, 5.74) is -0.182. The standard InChI is InChI=1S/C15H24FNO2/c1-14(2,3)18-11-8-10(17-7)9-12(13(11)16)19-15(4,5)6/h8-9,17H,1-7H3. The highest BCUT2D eigenvalue weighted by atomic mass is 19.1. The van der Waals surface area contributed by atoms with Gasteiger partial charge in [-0.25, -0.2) is 0 Å². The van der Waals surface area contributed by atoms with Gasteiger partial charge in [-0.3, -0.25) is 0 Å². The highest BCUT2D eigenvalue weighted by Crippen LogP contribution is 2.34. The fourth-order valence-corrected chi connectivity index (χ4v) is 1.52. The summed E-state index contributed by atoms with van der Waals surface area (Å²) in [4.78, 5) is 0. The number of benzene rings is 1. The Morgan fingerprint density at radius 3 is 1.53 bits per heavy atom. The maximum absolute atomic E-state index is 14.4. The van der Waals surface area contributed by atoms with E-state index in [9.17, 15) is 4.39 Å². The third-order valence-corrected chi connectivity index (χ3v) is 2.13. The SMILES string of the molecule is CNc1cc(OC(C)(C)C)c(F)c(OC(C)(C)C)c1. The number of halogens is 1. The third kappa shape index (κ3) is 4.97. The molecule has 0 atom stereocenters. The number of anilines is 1. The molecule has 0 unspecified atom stereocenters. The Kier molecular flexibility index (Phi) is 4.33. The summed E-state index contributed by atoms with van der Waals surface area (Å²) in [7, 11) is 1.77. The van der Waals surface area contributed by atoms with E-state index >= 15 is 0 Å². The Labute approximate surface area is 115 Å². The lowest BCUT2D eigenvalue weighted by Crippen LogP contribution is -2.25. The molecule has 0 heterocycles. The van der Waals surface area contributed by atoms with Crippen molar-refractivity contribution in [3.8, 4) is 11.5 Å². The molecule has 1 aromatic rings. The van der Waals surface area contributed by atoms with Crippen LogP contribution in [0.25, 0.3) is 0 Å².